The lowest BCUT2D eigenvalue weighted by molar-refractivity contribution is -0.197. The molecule has 4 N–H and O–H groups in total. The van der Waals surface area contributed by atoms with Gasteiger partial charge >= 0.3 is 5.97 Å². The molecule has 3 fully saturated rings. The Labute approximate surface area is 165 Å². The van der Waals surface area contributed by atoms with Crippen LogP contribution < -0.4 is 0 Å². The van der Waals surface area contributed by atoms with E-state index >= 15 is 0 Å². The number of rotatable bonds is 1. The maximum atomic E-state index is 12.0. The predicted molar refractivity (Wildman–Crippen MR) is 102 cm³/mol. The van der Waals surface area contributed by atoms with Crippen LogP contribution in [0.25, 0.3) is 0 Å². The predicted octanol–water partition coefficient (Wildman–Crippen LogP) is 1.32. The molecule has 6 nitrogen and oxygen atoms in total. The minimum atomic E-state index is -1.69. The van der Waals surface area contributed by atoms with Gasteiger partial charge in [-0.1, -0.05) is 37.6 Å². The molecule has 1 spiro atoms. The van der Waals surface area contributed by atoms with Gasteiger partial charge in [-0.2, -0.15) is 0 Å². The molecule has 0 unspecified atom stereocenters. The summed E-state index contributed by atoms with van der Waals surface area (Å²) in [5.74, 6) is -1.49. The van der Waals surface area contributed by atoms with Crippen LogP contribution >= 0.6 is 0 Å². The Hall–Kier alpha value is -1.21. The van der Waals surface area contributed by atoms with Gasteiger partial charge in [0.25, 0.3) is 0 Å². The summed E-state index contributed by atoms with van der Waals surface area (Å²) < 4.78 is 5.65. The Morgan fingerprint density at radius 2 is 1.86 bits per heavy atom. The molecular weight excluding hydrogens is 360 g/mol. The molecule has 0 aromatic rings. The summed E-state index contributed by atoms with van der Waals surface area (Å²) in [6.45, 7) is 10.9. The molecule has 0 aliphatic heterocycles. The lowest BCUT2D eigenvalue weighted by atomic mass is 9.60. The van der Waals surface area contributed by atoms with Crippen molar-refractivity contribution in [1.29, 1.82) is 0 Å². The third-order valence-electron chi connectivity index (χ3n) is 8.52. The van der Waals surface area contributed by atoms with Crippen molar-refractivity contribution in [3.05, 3.63) is 23.8 Å². The van der Waals surface area contributed by atoms with Gasteiger partial charge in [-0.05, 0) is 32.1 Å². The molecule has 0 radical (unpaired) electrons. The van der Waals surface area contributed by atoms with Gasteiger partial charge in [0.05, 0.1) is 18.3 Å². The number of carbonyl (C=O) groups is 1. The molecule has 9 atom stereocenters. The molecule has 3 saturated carbocycles. The van der Waals surface area contributed by atoms with Crippen LogP contribution in [0.4, 0.5) is 0 Å². The average molecular weight is 392 g/mol. The van der Waals surface area contributed by atoms with Crippen molar-refractivity contribution in [2.75, 3.05) is 0 Å². The third-order valence-corrected chi connectivity index (χ3v) is 8.52. The van der Waals surface area contributed by atoms with E-state index in [2.05, 4.69) is 12.7 Å². The number of hydrogen-bond acceptors (Lipinski definition) is 6. The van der Waals surface area contributed by atoms with Gasteiger partial charge in [-0.25, -0.2) is 0 Å². The first-order valence-electron chi connectivity index (χ1n) is 10.2. The zero-order valence-electron chi connectivity index (χ0n) is 17.1. The topological polar surface area (TPSA) is 107 Å². The lowest BCUT2D eigenvalue weighted by Crippen LogP contribution is -2.58. The normalized spacial score (nSPS) is 51.8. The van der Waals surface area contributed by atoms with E-state index in [4.69, 9.17) is 4.74 Å². The van der Waals surface area contributed by atoms with Crippen LogP contribution in [-0.2, 0) is 9.53 Å². The minimum Gasteiger partial charge on any atom is -0.459 e. The summed E-state index contributed by atoms with van der Waals surface area (Å²) >= 11 is 0. The smallest absolute Gasteiger partial charge is 0.303 e. The third kappa shape index (κ3) is 2.15. The van der Waals surface area contributed by atoms with E-state index < -0.39 is 52.7 Å². The summed E-state index contributed by atoms with van der Waals surface area (Å²) in [5, 5.41) is 44.9. The van der Waals surface area contributed by atoms with Gasteiger partial charge < -0.3 is 25.2 Å². The number of ether oxygens (including phenoxy) is 1. The number of aliphatic hydroxyl groups excluding tert-OH is 3. The van der Waals surface area contributed by atoms with E-state index in [9.17, 15) is 25.2 Å². The average Bonchev–Trinajstić information content (AvgIpc) is 2.79. The number of carbonyl (C=O) groups excluding carboxylic acids is 1. The standard InChI is InChI=1S/C22H32O6/c1-10-8-21-9-15(28-12(3)23)22(27)16(17(24)19(26)20(22,4)5)11(2)14(21)7-6-13(10)18(21)25/h8,13-19,24-27H,2,6-7,9H2,1,3-5H3/t13-,14-,15+,16+,17+,18+,19-,21+,22+/m0/s1. The first-order valence-corrected chi connectivity index (χ1v) is 10.2. The highest BCUT2D eigenvalue weighted by Gasteiger charge is 2.73. The summed E-state index contributed by atoms with van der Waals surface area (Å²) in [4.78, 5) is 12.0. The second-order valence-corrected chi connectivity index (χ2v) is 10.0. The quantitative estimate of drug-likeness (QED) is 0.396. The Balaban J connectivity index is 1.93. The van der Waals surface area contributed by atoms with E-state index in [-0.39, 0.29) is 18.3 Å². The van der Waals surface area contributed by atoms with Gasteiger partial charge in [-0.3, -0.25) is 4.79 Å². The Kier molecular flexibility index (Phi) is 4.24. The second kappa shape index (κ2) is 5.91. The number of hydrogen-bond donors (Lipinski definition) is 4. The van der Waals surface area contributed by atoms with Crippen molar-refractivity contribution in [2.45, 2.75) is 77.0 Å². The molecule has 4 aliphatic rings. The zero-order chi connectivity index (χ0) is 20.8. The van der Waals surface area contributed by atoms with E-state index in [0.29, 0.717) is 5.57 Å². The number of fused-ring (bicyclic) bond motifs is 2. The van der Waals surface area contributed by atoms with Gasteiger partial charge in [0.15, 0.2) is 0 Å². The fourth-order valence-electron chi connectivity index (χ4n) is 7.05. The summed E-state index contributed by atoms with van der Waals surface area (Å²) in [6, 6.07) is 0. The summed E-state index contributed by atoms with van der Waals surface area (Å²) in [6.07, 6.45) is -0.126. The summed E-state index contributed by atoms with van der Waals surface area (Å²) in [7, 11) is 0. The van der Waals surface area contributed by atoms with Crippen LogP contribution in [0.3, 0.4) is 0 Å². The maximum Gasteiger partial charge on any atom is 0.303 e. The highest BCUT2D eigenvalue weighted by atomic mass is 16.6. The molecule has 0 heterocycles. The minimum absolute atomic E-state index is 0.0538. The first-order chi connectivity index (χ1) is 12.9. The molecule has 28 heavy (non-hydrogen) atoms. The van der Waals surface area contributed by atoms with Crippen molar-refractivity contribution in [1.82, 2.24) is 0 Å². The van der Waals surface area contributed by atoms with Crippen molar-refractivity contribution in [3.63, 3.8) is 0 Å². The van der Waals surface area contributed by atoms with E-state index in [1.54, 1.807) is 13.8 Å². The lowest BCUT2D eigenvalue weighted by Gasteiger charge is -2.47. The van der Waals surface area contributed by atoms with E-state index in [1.807, 2.05) is 6.92 Å². The monoisotopic (exact) mass is 392 g/mol. The van der Waals surface area contributed by atoms with Crippen LogP contribution in [0.5, 0.6) is 0 Å². The van der Waals surface area contributed by atoms with Gasteiger partial charge in [0.2, 0.25) is 0 Å². The van der Waals surface area contributed by atoms with E-state index in [0.717, 1.165) is 18.4 Å². The number of esters is 1. The first kappa shape index (κ1) is 20.1. The highest BCUT2D eigenvalue weighted by Crippen LogP contribution is 2.66. The van der Waals surface area contributed by atoms with Crippen LogP contribution in [-0.4, -0.2) is 56.4 Å². The van der Waals surface area contributed by atoms with Gasteiger partial charge in [-0.15, -0.1) is 0 Å². The van der Waals surface area contributed by atoms with Crippen LogP contribution in [0.1, 0.15) is 47.0 Å². The van der Waals surface area contributed by atoms with Crippen molar-refractivity contribution >= 4 is 5.97 Å². The largest absolute Gasteiger partial charge is 0.459 e. The van der Waals surface area contributed by atoms with Crippen LogP contribution in [0.15, 0.2) is 23.8 Å². The fourth-order valence-corrected chi connectivity index (χ4v) is 7.05. The van der Waals surface area contributed by atoms with Gasteiger partial charge in [0.1, 0.15) is 11.7 Å². The van der Waals surface area contributed by atoms with Crippen LogP contribution in [0.2, 0.25) is 0 Å². The fraction of sp³-hybridized carbons (Fsp3) is 0.773. The van der Waals surface area contributed by atoms with Gasteiger partial charge in [0, 0.05) is 29.6 Å². The SMILES string of the molecule is C=C1[C@@H]2[C@@H](O)[C@H](O)C(C)(C)[C@@]2(O)[C@H](OC(C)=O)C[C@]23C=C(C)[C@H](CC[C@@H]12)[C@H]3O. The molecule has 2 bridgehead atoms. The zero-order valence-corrected chi connectivity index (χ0v) is 17.1. The number of aliphatic hydroxyl groups is 4. The van der Waals surface area contributed by atoms with Crippen LogP contribution in [0, 0.1) is 28.6 Å². The van der Waals surface area contributed by atoms with Crippen molar-refractivity contribution in [3.8, 4) is 0 Å². The van der Waals surface area contributed by atoms with Crippen molar-refractivity contribution in [2.24, 2.45) is 28.6 Å². The Morgan fingerprint density at radius 1 is 1.21 bits per heavy atom. The second-order valence-electron chi connectivity index (χ2n) is 10.0. The molecule has 4 rings (SSSR count). The molecule has 0 saturated heterocycles. The summed E-state index contributed by atoms with van der Waals surface area (Å²) in [5.41, 5.74) is -1.77. The molecule has 4 aliphatic carbocycles. The molecular formula is C22H32O6. The molecule has 0 amide bonds. The highest BCUT2D eigenvalue weighted by molar-refractivity contribution is 5.66. The Morgan fingerprint density at radius 3 is 2.46 bits per heavy atom. The maximum absolute atomic E-state index is 12.0. The van der Waals surface area contributed by atoms with Crippen molar-refractivity contribution < 1.29 is 30.0 Å². The Bertz CT molecular complexity index is 756. The molecule has 156 valence electrons. The molecule has 6 heteroatoms. The molecule has 0 aromatic carbocycles. The van der Waals surface area contributed by atoms with E-state index in [1.165, 1.54) is 6.92 Å². The molecule has 0 aromatic heterocycles.